The maximum Gasteiger partial charge on any atom is 0.317 e. The Morgan fingerprint density at radius 1 is 1.53 bits per heavy atom. The molecule has 2 N–H and O–H groups in total. The van der Waals surface area contributed by atoms with E-state index < -0.39 is 5.97 Å². The number of urea groups is 1. The molecular formula is C12H23N3O3S. The number of aliphatic carboxylic acids is 1. The van der Waals surface area contributed by atoms with Crippen molar-refractivity contribution in [1.29, 1.82) is 0 Å². The van der Waals surface area contributed by atoms with E-state index in [1.54, 1.807) is 16.7 Å². The van der Waals surface area contributed by atoms with Gasteiger partial charge in [0.1, 0.15) is 0 Å². The zero-order valence-corrected chi connectivity index (χ0v) is 12.6. The number of hydrogen-bond donors (Lipinski definition) is 2. The molecule has 2 amide bonds. The van der Waals surface area contributed by atoms with Crippen molar-refractivity contribution in [2.75, 3.05) is 38.7 Å². The number of nitrogens with zero attached hydrogens (tertiary/aromatic N) is 2. The molecule has 2 unspecified atom stereocenters. The summed E-state index contributed by atoms with van der Waals surface area (Å²) in [6.45, 7) is 3.21. The third kappa shape index (κ3) is 5.28. The Morgan fingerprint density at radius 3 is 2.79 bits per heavy atom. The highest BCUT2D eigenvalue weighted by Crippen LogP contribution is 2.19. The van der Waals surface area contributed by atoms with Crippen LogP contribution in [0.5, 0.6) is 0 Å². The van der Waals surface area contributed by atoms with Crippen molar-refractivity contribution in [2.24, 2.45) is 0 Å². The first-order valence-electron chi connectivity index (χ1n) is 6.42. The van der Waals surface area contributed by atoms with Gasteiger partial charge in [-0.2, -0.15) is 11.8 Å². The average molecular weight is 289 g/mol. The number of carbonyl (C=O) groups is 2. The number of amides is 2. The van der Waals surface area contributed by atoms with Gasteiger partial charge in [-0.05, 0) is 21.0 Å². The van der Waals surface area contributed by atoms with Crippen LogP contribution in [0.3, 0.4) is 0 Å². The molecule has 0 aromatic rings. The number of rotatable bonds is 5. The molecule has 0 spiro atoms. The quantitative estimate of drug-likeness (QED) is 0.773. The van der Waals surface area contributed by atoms with E-state index in [1.165, 1.54) is 0 Å². The molecule has 6 nitrogen and oxygen atoms in total. The van der Waals surface area contributed by atoms with E-state index in [0.29, 0.717) is 18.8 Å². The van der Waals surface area contributed by atoms with E-state index in [4.69, 9.17) is 5.11 Å². The van der Waals surface area contributed by atoms with Crippen LogP contribution in [-0.2, 0) is 4.79 Å². The number of nitrogens with one attached hydrogen (secondary N) is 1. The van der Waals surface area contributed by atoms with E-state index in [-0.39, 0.29) is 24.5 Å². The van der Waals surface area contributed by atoms with Crippen LogP contribution in [-0.4, -0.2) is 77.7 Å². The van der Waals surface area contributed by atoms with Gasteiger partial charge in [0.15, 0.2) is 0 Å². The Hall–Kier alpha value is -0.950. The minimum Gasteiger partial charge on any atom is -0.481 e. The molecule has 7 heteroatoms. The molecular weight excluding hydrogens is 266 g/mol. The summed E-state index contributed by atoms with van der Waals surface area (Å²) in [4.78, 5) is 26.6. The van der Waals surface area contributed by atoms with E-state index >= 15 is 0 Å². The maximum atomic E-state index is 12.1. The summed E-state index contributed by atoms with van der Waals surface area (Å²) in [5.74, 6) is 0.711. The van der Waals surface area contributed by atoms with Crippen LogP contribution < -0.4 is 5.32 Å². The average Bonchev–Trinajstić information content (AvgIpc) is 2.35. The van der Waals surface area contributed by atoms with Crippen LogP contribution in [0.25, 0.3) is 0 Å². The van der Waals surface area contributed by atoms with E-state index in [2.05, 4.69) is 5.32 Å². The standard InChI is InChI=1S/C12H23N3O3S/c1-9(14(2)3)7-13-12(18)15-4-5-19-8-10(15)6-11(16)17/h9-10H,4-8H2,1-3H3,(H,13,18)(H,16,17). The van der Waals surface area contributed by atoms with Crippen molar-refractivity contribution in [2.45, 2.75) is 25.4 Å². The van der Waals surface area contributed by atoms with Crippen LogP contribution in [0.1, 0.15) is 13.3 Å². The normalized spacial score (nSPS) is 21.3. The Kier molecular flexibility index (Phi) is 6.44. The number of carboxylic acid groups (broad SMARTS) is 1. The first-order valence-corrected chi connectivity index (χ1v) is 7.57. The lowest BCUT2D eigenvalue weighted by atomic mass is 10.2. The lowest BCUT2D eigenvalue weighted by Gasteiger charge is -2.35. The van der Waals surface area contributed by atoms with Crippen LogP contribution >= 0.6 is 11.8 Å². The van der Waals surface area contributed by atoms with Gasteiger partial charge < -0.3 is 20.2 Å². The van der Waals surface area contributed by atoms with Gasteiger partial charge in [0.05, 0.1) is 12.5 Å². The molecule has 1 heterocycles. The fourth-order valence-corrected chi connectivity index (χ4v) is 2.87. The van der Waals surface area contributed by atoms with Gasteiger partial charge in [-0.1, -0.05) is 0 Å². The van der Waals surface area contributed by atoms with Crippen molar-refractivity contribution in [3.8, 4) is 0 Å². The zero-order valence-electron chi connectivity index (χ0n) is 11.8. The van der Waals surface area contributed by atoms with Crippen LogP contribution in [0.2, 0.25) is 0 Å². The maximum absolute atomic E-state index is 12.1. The number of likely N-dealkylation sites (N-methyl/N-ethyl adjacent to an activating group) is 1. The predicted molar refractivity (Wildman–Crippen MR) is 76.6 cm³/mol. The number of carbonyl (C=O) groups excluding carboxylic acids is 1. The Bertz CT molecular complexity index is 325. The monoisotopic (exact) mass is 289 g/mol. The molecule has 19 heavy (non-hydrogen) atoms. The summed E-state index contributed by atoms with van der Waals surface area (Å²) < 4.78 is 0. The van der Waals surface area contributed by atoms with Gasteiger partial charge in [-0.3, -0.25) is 4.79 Å². The Labute approximate surface area is 118 Å². The number of thioether (sulfide) groups is 1. The second-order valence-corrected chi connectivity index (χ2v) is 6.17. The van der Waals surface area contributed by atoms with E-state index in [9.17, 15) is 9.59 Å². The molecule has 0 aromatic carbocycles. The highest BCUT2D eigenvalue weighted by molar-refractivity contribution is 7.99. The lowest BCUT2D eigenvalue weighted by Crippen LogP contribution is -2.52. The Morgan fingerprint density at radius 2 is 2.21 bits per heavy atom. The second-order valence-electron chi connectivity index (χ2n) is 5.02. The van der Waals surface area contributed by atoms with E-state index in [0.717, 1.165) is 5.75 Å². The summed E-state index contributed by atoms with van der Waals surface area (Å²) in [6.07, 6.45) is 0.0175. The van der Waals surface area contributed by atoms with Gasteiger partial charge in [0.2, 0.25) is 0 Å². The largest absolute Gasteiger partial charge is 0.481 e. The van der Waals surface area contributed by atoms with Gasteiger partial charge in [0, 0.05) is 30.6 Å². The summed E-state index contributed by atoms with van der Waals surface area (Å²) in [5, 5.41) is 11.8. The molecule has 1 fully saturated rings. The minimum absolute atomic E-state index is 0.0175. The molecule has 0 radical (unpaired) electrons. The smallest absolute Gasteiger partial charge is 0.317 e. The highest BCUT2D eigenvalue weighted by Gasteiger charge is 2.28. The van der Waals surface area contributed by atoms with Crippen molar-refractivity contribution in [1.82, 2.24) is 15.1 Å². The van der Waals surface area contributed by atoms with Crippen molar-refractivity contribution >= 4 is 23.8 Å². The van der Waals surface area contributed by atoms with Gasteiger partial charge in [-0.15, -0.1) is 0 Å². The molecule has 0 saturated carbocycles. The molecule has 0 aliphatic carbocycles. The van der Waals surface area contributed by atoms with Crippen molar-refractivity contribution in [3.63, 3.8) is 0 Å². The Balaban J connectivity index is 2.50. The summed E-state index contributed by atoms with van der Waals surface area (Å²) in [5.41, 5.74) is 0. The fraction of sp³-hybridized carbons (Fsp3) is 0.833. The van der Waals surface area contributed by atoms with Crippen LogP contribution in [0, 0.1) is 0 Å². The minimum atomic E-state index is -0.855. The molecule has 2 atom stereocenters. The molecule has 1 aliphatic heterocycles. The molecule has 0 bridgehead atoms. The fourth-order valence-electron chi connectivity index (χ4n) is 1.81. The van der Waals surface area contributed by atoms with Gasteiger partial charge >= 0.3 is 12.0 Å². The van der Waals surface area contributed by atoms with E-state index in [1.807, 2.05) is 25.9 Å². The molecule has 1 rings (SSSR count). The summed E-state index contributed by atoms with van der Waals surface area (Å²) >= 11 is 1.70. The molecule has 110 valence electrons. The van der Waals surface area contributed by atoms with Crippen molar-refractivity contribution in [3.05, 3.63) is 0 Å². The highest BCUT2D eigenvalue weighted by atomic mass is 32.2. The number of carboxylic acids is 1. The van der Waals surface area contributed by atoms with Gasteiger partial charge in [0.25, 0.3) is 0 Å². The zero-order chi connectivity index (χ0) is 14.4. The first kappa shape index (κ1) is 16.1. The van der Waals surface area contributed by atoms with Gasteiger partial charge in [-0.25, -0.2) is 4.79 Å². The SMILES string of the molecule is CC(CNC(=O)N1CCSCC1CC(=O)O)N(C)C. The van der Waals surface area contributed by atoms with Crippen LogP contribution in [0.15, 0.2) is 0 Å². The second kappa shape index (κ2) is 7.59. The van der Waals surface area contributed by atoms with Crippen LogP contribution in [0.4, 0.5) is 4.79 Å². The predicted octanol–water partition coefficient (Wildman–Crippen LogP) is 0.538. The lowest BCUT2D eigenvalue weighted by molar-refractivity contribution is -0.137. The third-order valence-corrected chi connectivity index (χ3v) is 4.42. The van der Waals surface area contributed by atoms with Crippen molar-refractivity contribution < 1.29 is 14.7 Å². The number of hydrogen-bond acceptors (Lipinski definition) is 4. The molecule has 1 aliphatic rings. The topological polar surface area (TPSA) is 72.9 Å². The summed E-state index contributed by atoms with van der Waals surface area (Å²) in [7, 11) is 3.92. The molecule has 1 saturated heterocycles. The molecule has 0 aromatic heterocycles. The third-order valence-electron chi connectivity index (χ3n) is 3.33. The summed E-state index contributed by atoms with van der Waals surface area (Å²) in [6, 6.07) is -0.104. The first-order chi connectivity index (χ1) is 8.91.